The maximum atomic E-state index is 11.6. The van der Waals surface area contributed by atoms with Gasteiger partial charge < -0.3 is 16.4 Å². The van der Waals surface area contributed by atoms with Gasteiger partial charge in [-0.05, 0) is 45.4 Å². The molecule has 17 heavy (non-hydrogen) atoms. The number of amides is 1. The van der Waals surface area contributed by atoms with Gasteiger partial charge in [0, 0.05) is 16.9 Å². The predicted octanol–water partition coefficient (Wildman–Crippen LogP) is 1.90. The van der Waals surface area contributed by atoms with E-state index in [0.29, 0.717) is 0 Å². The van der Waals surface area contributed by atoms with Crippen molar-refractivity contribution in [1.82, 2.24) is 5.32 Å². The van der Waals surface area contributed by atoms with Gasteiger partial charge in [-0.3, -0.25) is 4.79 Å². The van der Waals surface area contributed by atoms with Crippen molar-refractivity contribution in [2.45, 2.75) is 33.2 Å². The maximum Gasteiger partial charge on any atom is 0.239 e. The fourth-order valence-corrected chi connectivity index (χ4v) is 1.40. The molecule has 94 valence electrons. The Labute approximate surface area is 103 Å². The van der Waals surface area contributed by atoms with E-state index in [1.165, 1.54) is 0 Å². The third-order valence-electron chi connectivity index (χ3n) is 2.25. The zero-order valence-electron chi connectivity index (χ0n) is 10.9. The minimum atomic E-state index is -0.203. The molecule has 0 aliphatic carbocycles. The molecule has 1 aromatic carbocycles. The fourth-order valence-electron chi connectivity index (χ4n) is 1.40. The Morgan fingerprint density at radius 1 is 1.35 bits per heavy atom. The Hall–Kier alpha value is -1.71. The molecule has 0 heterocycles. The summed E-state index contributed by atoms with van der Waals surface area (Å²) in [7, 11) is 0. The number of nitrogens with two attached hydrogens (primary N) is 1. The normalized spacial score (nSPS) is 11.1. The average molecular weight is 235 g/mol. The number of benzene rings is 1. The number of aryl methyl sites for hydroxylation is 1. The molecule has 0 aliphatic heterocycles. The molecule has 0 radical (unpaired) electrons. The van der Waals surface area contributed by atoms with Crippen LogP contribution in [0.4, 0.5) is 11.4 Å². The van der Waals surface area contributed by atoms with Crippen molar-refractivity contribution in [2.75, 3.05) is 17.6 Å². The van der Waals surface area contributed by atoms with Crippen molar-refractivity contribution in [3.05, 3.63) is 23.8 Å². The first-order valence-corrected chi connectivity index (χ1v) is 5.69. The van der Waals surface area contributed by atoms with E-state index in [0.717, 1.165) is 16.9 Å². The van der Waals surface area contributed by atoms with E-state index in [1.54, 1.807) is 0 Å². The summed E-state index contributed by atoms with van der Waals surface area (Å²) >= 11 is 0. The number of rotatable bonds is 3. The Morgan fingerprint density at radius 2 is 2.00 bits per heavy atom. The van der Waals surface area contributed by atoms with Crippen LogP contribution in [-0.4, -0.2) is 18.0 Å². The monoisotopic (exact) mass is 235 g/mol. The van der Waals surface area contributed by atoms with E-state index in [1.807, 2.05) is 45.9 Å². The standard InChI is InChI=1S/C13H21N3O/c1-9-5-6-10(7-11(9)14)15-8-12(17)16-13(2,3)4/h5-7,15H,8,14H2,1-4H3,(H,16,17). The van der Waals surface area contributed by atoms with Crippen LogP contribution < -0.4 is 16.4 Å². The molecule has 0 atom stereocenters. The molecule has 0 aromatic heterocycles. The lowest BCUT2D eigenvalue weighted by atomic mass is 10.1. The molecule has 0 fully saturated rings. The summed E-state index contributed by atoms with van der Waals surface area (Å²) in [5, 5.41) is 5.93. The van der Waals surface area contributed by atoms with Crippen molar-refractivity contribution in [3.8, 4) is 0 Å². The van der Waals surface area contributed by atoms with Crippen LogP contribution in [-0.2, 0) is 4.79 Å². The first-order chi connectivity index (χ1) is 7.78. The Kier molecular flexibility index (Phi) is 3.99. The van der Waals surface area contributed by atoms with E-state index in [4.69, 9.17) is 5.73 Å². The molecular formula is C13H21N3O. The highest BCUT2D eigenvalue weighted by atomic mass is 16.2. The highest BCUT2D eigenvalue weighted by Crippen LogP contribution is 2.16. The summed E-state index contributed by atoms with van der Waals surface area (Å²) in [5.41, 5.74) is 8.21. The number of nitrogen functional groups attached to an aromatic ring is 1. The highest BCUT2D eigenvalue weighted by molar-refractivity contribution is 5.81. The molecule has 4 heteroatoms. The first-order valence-electron chi connectivity index (χ1n) is 5.69. The minimum Gasteiger partial charge on any atom is -0.398 e. The lowest BCUT2D eigenvalue weighted by Crippen LogP contribution is -2.43. The molecule has 1 rings (SSSR count). The molecule has 1 aromatic rings. The highest BCUT2D eigenvalue weighted by Gasteiger charge is 2.13. The maximum absolute atomic E-state index is 11.6. The molecule has 0 saturated carbocycles. The molecule has 0 spiro atoms. The Morgan fingerprint density at radius 3 is 2.53 bits per heavy atom. The summed E-state index contributed by atoms with van der Waals surface area (Å²) in [4.78, 5) is 11.6. The number of hydrogen-bond acceptors (Lipinski definition) is 3. The van der Waals surface area contributed by atoms with E-state index < -0.39 is 0 Å². The van der Waals surface area contributed by atoms with Gasteiger partial charge in [-0.15, -0.1) is 0 Å². The molecule has 4 N–H and O–H groups in total. The van der Waals surface area contributed by atoms with Gasteiger partial charge in [-0.25, -0.2) is 0 Å². The van der Waals surface area contributed by atoms with E-state index in [9.17, 15) is 4.79 Å². The first kappa shape index (κ1) is 13.4. The zero-order chi connectivity index (χ0) is 13.1. The van der Waals surface area contributed by atoms with Crippen molar-refractivity contribution in [2.24, 2.45) is 0 Å². The van der Waals surface area contributed by atoms with Crippen LogP contribution >= 0.6 is 0 Å². The van der Waals surface area contributed by atoms with Gasteiger partial charge in [0.2, 0.25) is 5.91 Å². The van der Waals surface area contributed by atoms with Crippen molar-refractivity contribution < 1.29 is 4.79 Å². The van der Waals surface area contributed by atoms with Gasteiger partial charge in [-0.1, -0.05) is 6.07 Å². The summed E-state index contributed by atoms with van der Waals surface area (Å²) in [6, 6.07) is 5.68. The van der Waals surface area contributed by atoms with Crippen molar-refractivity contribution in [3.63, 3.8) is 0 Å². The summed E-state index contributed by atoms with van der Waals surface area (Å²) in [5.74, 6) is -0.0309. The van der Waals surface area contributed by atoms with Crippen molar-refractivity contribution >= 4 is 17.3 Å². The molecule has 0 bridgehead atoms. The average Bonchev–Trinajstić information content (AvgIpc) is 2.17. The van der Waals surface area contributed by atoms with Crippen LogP contribution in [0, 0.1) is 6.92 Å². The van der Waals surface area contributed by atoms with Crippen LogP contribution in [0.25, 0.3) is 0 Å². The number of nitrogens with one attached hydrogen (secondary N) is 2. The quantitative estimate of drug-likeness (QED) is 0.701. The van der Waals surface area contributed by atoms with Gasteiger partial charge >= 0.3 is 0 Å². The SMILES string of the molecule is Cc1ccc(NCC(=O)NC(C)(C)C)cc1N. The molecule has 0 unspecified atom stereocenters. The topological polar surface area (TPSA) is 67.2 Å². The smallest absolute Gasteiger partial charge is 0.239 e. The van der Waals surface area contributed by atoms with E-state index >= 15 is 0 Å². The number of carbonyl (C=O) groups is 1. The Balaban J connectivity index is 2.50. The van der Waals surface area contributed by atoms with Crippen LogP contribution in [0.15, 0.2) is 18.2 Å². The summed E-state index contributed by atoms with van der Waals surface area (Å²) in [6.07, 6.45) is 0. The Bertz CT molecular complexity index is 408. The lowest BCUT2D eigenvalue weighted by Gasteiger charge is -2.20. The predicted molar refractivity (Wildman–Crippen MR) is 72.0 cm³/mol. The molecule has 0 aliphatic rings. The van der Waals surface area contributed by atoms with Gasteiger partial charge in [0.1, 0.15) is 0 Å². The lowest BCUT2D eigenvalue weighted by molar-refractivity contribution is -0.120. The molecule has 0 saturated heterocycles. The third-order valence-corrected chi connectivity index (χ3v) is 2.25. The number of anilines is 2. The number of carbonyl (C=O) groups excluding carboxylic acids is 1. The second-order valence-electron chi connectivity index (χ2n) is 5.22. The van der Waals surface area contributed by atoms with Gasteiger partial charge in [0.15, 0.2) is 0 Å². The fraction of sp³-hybridized carbons (Fsp3) is 0.462. The van der Waals surface area contributed by atoms with Crippen LogP contribution in [0.3, 0.4) is 0 Å². The van der Waals surface area contributed by atoms with Gasteiger partial charge in [0.25, 0.3) is 0 Å². The van der Waals surface area contributed by atoms with Crippen LogP contribution in [0.1, 0.15) is 26.3 Å². The minimum absolute atomic E-state index is 0.0309. The molecule has 4 nitrogen and oxygen atoms in total. The van der Waals surface area contributed by atoms with Crippen LogP contribution in [0.2, 0.25) is 0 Å². The number of hydrogen-bond donors (Lipinski definition) is 3. The summed E-state index contributed by atoms with van der Waals surface area (Å²) in [6.45, 7) is 8.06. The van der Waals surface area contributed by atoms with E-state index in [2.05, 4.69) is 10.6 Å². The van der Waals surface area contributed by atoms with Crippen molar-refractivity contribution in [1.29, 1.82) is 0 Å². The largest absolute Gasteiger partial charge is 0.398 e. The second-order valence-corrected chi connectivity index (χ2v) is 5.22. The summed E-state index contributed by atoms with van der Waals surface area (Å²) < 4.78 is 0. The van der Waals surface area contributed by atoms with Gasteiger partial charge in [0.05, 0.1) is 6.54 Å². The molecule has 1 amide bonds. The van der Waals surface area contributed by atoms with Crippen LogP contribution in [0.5, 0.6) is 0 Å². The zero-order valence-corrected chi connectivity index (χ0v) is 10.9. The second kappa shape index (κ2) is 5.08. The van der Waals surface area contributed by atoms with E-state index in [-0.39, 0.29) is 18.0 Å². The molecular weight excluding hydrogens is 214 g/mol. The third kappa shape index (κ3) is 4.76. The van der Waals surface area contributed by atoms with Gasteiger partial charge in [-0.2, -0.15) is 0 Å².